The summed E-state index contributed by atoms with van der Waals surface area (Å²) in [5.74, 6) is 1.40. The molecule has 3 unspecified atom stereocenters. The van der Waals surface area contributed by atoms with Crippen molar-refractivity contribution in [1.82, 2.24) is 4.90 Å². The lowest BCUT2D eigenvalue weighted by Crippen LogP contribution is -2.45. The van der Waals surface area contributed by atoms with E-state index in [0.717, 1.165) is 12.3 Å². The summed E-state index contributed by atoms with van der Waals surface area (Å²) in [6.07, 6.45) is 4.51. The van der Waals surface area contributed by atoms with E-state index in [1.165, 1.54) is 41.5 Å². The highest BCUT2D eigenvalue weighted by Crippen LogP contribution is 2.47. The van der Waals surface area contributed by atoms with Crippen LogP contribution in [0.5, 0.6) is 0 Å². The minimum Gasteiger partial charge on any atom is -0.448 e. The van der Waals surface area contributed by atoms with Crippen LogP contribution in [0.4, 0.5) is 4.79 Å². The van der Waals surface area contributed by atoms with Gasteiger partial charge in [-0.25, -0.2) is 4.79 Å². The van der Waals surface area contributed by atoms with E-state index in [0.29, 0.717) is 19.1 Å². The Hall–Kier alpha value is -2.33. The molecule has 4 nitrogen and oxygen atoms in total. The molecule has 2 aromatic carbocycles. The molecule has 0 radical (unpaired) electrons. The van der Waals surface area contributed by atoms with Gasteiger partial charge in [0.25, 0.3) is 0 Å². The average molecular weight is 377 g/mol. The van der Waals surface area contributed by atoms with Gasteiger partial charge in [0.05, 0.1) is 6.61 Å². The zero-order valence-electron chi connectivity index (χ0n) is 16.1. The number of benzene rings is 2. The molecule has 0 aliphatic heterocycles. The van der Waals surface area contributed by atoms with Gasteiger partial charge in [-0.3, -0.25) is 0 Å². The van der Waals surface area contributed by atoms with Crippen LogP contribution in [0, 0.1) is 11.8 Å². The average Bonchev–Trinajstić information content (AvgIpc) is 3.43. The number of carbonyl (C=O) groups is 1. The maximum absolute atomic E-state index is 13.0. The van der Waals surface area contributed by atoms with Crippen LogP contribution < -0.4 is 0 Å². The first-order chi connectivity index (χ1) is 13.8. The minimum atomic E-state index is -0.270. The number of aliphatic hydroxyl groups is 1. The van der Waals surface area contributed by atoms with E-state index in [4.69, 9.17) is 4.74 Å². The molecule has 28 heavy (non-hydrogen) atoms. The van der Waals surface area contributed by atoms with Gasteiger partial charge in [0, 0.05) is 18.5 Å². The Kier molecular flexibility index (Phi) is 4.59. The van der Waals surface area contributed by atoms with E-state index in [2.05, 4.69) is 36.4 Å². The molecule has 1 amide bonds. The predicted octanol–water partition coefficient (Wildman–Crippen LogP) is 4.42. The van der Waals surface area contributed by atoms with Crippen molar-refractivity contribution in [2.24, 2.45) is 11.8 Å². The smallest absolute Gasteiger partial charge is 0.410 e. The number of ether oxygens (including phenoxy) is 1. The monoisotopic (exact) mass is 377 g/mol. The van der Waals surface area contributed by atoms with Crippen molar-refractivity contribution >= 4 is 6.09 Å². The van der Waals surface area contributed by atoms with Crippen LogP contribution in [0.25, 0.3) is 11.1 Å². The normalized spacial score (nSPS) is 24.8. The maximum atomic E-state index is 13.0. The molecule has 0 aromatic heterocycles. The summed E-state index contributed by atoms with van der Waals surface area (Å²) in [4.78, 5) is 14.8. The molecule has 3 aliphatic rings. The fourth-order valence-corrected chi connectivity index (χ4v) is 5.77. The Labute approximate surface area is 166 Å². The van der Waals surface area contributed by atoms with Crippen LogP contribution in [0.15, 0.2) is 48.5 Å². The molecule has 3 atom stereocenters. The molecule has 1 N–H and O–H groups in total. The molecule has 5 rings (SSSR count). The number of hydrogen-bond donors (Lipinski definition) is 1. The van der Waals surface area contributed by atoms with Crippen molar-refractivity contribution in [3.63, 3.8) is 0 Å². The number of carbonyl (C=O) groups excluding carboxylic acids is 1. The molecular formula is C24H27NO3. The van der Waals surface area contributed by atoms with Crippen LogP contribution >= 0.6 is 0 Å². The first-order valence-corrected chi connectivity index (χ1v) is 10.5. The molecule has 0 heterocycles. The van der Waals surface area contributed by atoms with E-state index >= 15 is 0 Å². The topological polar surface area (TPSA) is 49.8 Å². The Morgan fingerprint density at radius 3 is 2.25 bits per heavy atom. The summed E-state index contributed by atoms with van der Waals surface area (Å²) in [5.41, 5.74) is 4.93. The highest BCUT2D eigenvalue weighted by atomic mass is 16.6. The number of rotatable bonds is 5. The van der Waals surface area contributed by atoms with Gasteiger partial charge in [-0.05, 0) is 53.4 Å². The van der Waals surface area contributed by atoms with Crippen LogP contribution in [0.2, 0.25) is 0 Å². The van der Waals surface area contributed by atoms with Crippen LogP contribution in [0.1, 0.15) is 42.7 Å². The molecule has 2 fully saturated rings. The second kappa shape index (κ2) is 7.25. The van der Waals surface area contributed by atoms with Gasteiger partial charge in [-0.1, -0.05) is 55.0 Å². The summed E-state index contributed by atoms with van der Waals surface area (Å²) in [5, 5.41) is 9.51. The van der Waals surface area contributed by atoms with Gasteiger partial charge in [-0.15, -0.1) is 0 Å². The summed E-state index contributed by atoms with van der Waals surface area (Å²) >= 11 is 0. The van der Waals surface area contributed by atoms with E-state index in [1.807, 2.05) is 12.1 Å². The van der Waals surface area contributed by atoms with Crippen molar-refractivity contribution in [2.75, 3.05) is 19.8 Å². The van der Waals surface area contributed by atoms with Crippen LogP contribution in [-0.4, -0.2) is 41.9 Å². The van der Waals surface area contributed by atoms with Crippen LogP contribution in [-0.2, 0) is 4.74 Å². The predicted molar refractivity (Wildman–Crippen MR) is 108 cm³/mol. The summed E-state index contributed by atoms with van der Waals surface area (Å²) < 4.78 is 5.85. The molecule has 0 spiro atoms. The van der Waals surface area contributed by atoms with Gasteiger partial charge < -0.3 is 14.7 Å². The largest absolute Gasteiger partial charge is 0.448 e. The summed E-state index contributed by atoms with van der Waals surface area (Å²) in [7, 11) is 0. The van der Waals surface area contributed by atoms with E-state index in [9.17, 15) is 9.90 Å². The first kappa shape index (κ1) is 17.7. The van der Waals surface area contributed by atoms with Crippen molar-refractivity contribution in [3.8, 4) is 11.1 Å². The molecule has 4 heteroatoms. The zero-order chi connectivity index (χ0) is 19.1. The zero-order valence-corrected chi connectivity index (χ0v) is 16.1. The summed E-state index contributed by atoms with van der Waals surface area (Å²) in [6, 6.07) is 17.0. The lowest BCUT2D eigenvalue weighted by molar-refractivity contribution is 0.0617. The molecular weight excluding hydrogens is 350 g/mol. The molecule has 2 aromatic rings. The number of hydrogen-bond acceptors (Lipinski definition) is 3. The van der Waals surface area contributed by atoms with Gasteiger partial charge in [0.15, 0.2) is 0 Å². The van der Waals surface area contributed by atoms with Gasteiger partial charge in [-0.2, -0.15) is 0 Å². The highest BCUT2D eigenvalue weighted by molar-refractivity contribution is 5.79. The molecule has 2 saturated carbocycles. The van der Waals surface area contributed by atoms with Crippen molar-refractivity contribution in [3.05, 3.63) is 59.7 Å². The van der Waals surface area contributed by atoms with E-state index in [1.54, 1.807) is 4.90 Å². The Balaban J connectivity index is 1.33. The number of fused-ring (bicyclic) bond motifs is 5. The Bertz CT molecular complexity index is 834. The fraction of sp³-hybridized carbons (Fsp3) is 0.458. The van der Waals surface area contributed by atoms with E-state index in [-0.39, 0.29) is 24.7 Å². The second-order valence-corrected chi connectivity index (χ2v) is 8.46. The quantitative estimate of drug-likeness (QED) is 0.839. The molecule has 2 bridgehead atoms. The van der Waals surface area contributed by atoms with Crippen molar-refractivity contribution in [2.45, 2.75) is 37.6 Å². The third-order valence-electron chi connectivity index (χ3n) is 7.01. The van der Waals surface area contributed by atoms with Gasteiger partial charge in [0.2, 0.25) is 0 Å². The number of aliphatic hydroxyl groups excluding tert-OH is 1. The van der Waals surface area contributed by atoms with E-state index < -0.39 is 0 Å². The fourth-order valence-electron chi connectivity index (χ4n) is 5.77. The second-order valence-electron chi connectivity index (χ2n) is 8.46. The molecule has 146 valence electrons. The van der Waals surface area contributed by atoms with Gasteiger partial charge >= 0.3 is 6.09 Å². The maximum Gasteiger partial charge on any atom is 0.410 e. The third-order valence-corrected chi connectivity index (χ3v) is 7.01. The number of amides is 1. The van der Waals surface area contributed by atoms with Crippen molar-refractivity contribution in [1.29, 1.82) is 0 Å². The summed E-state index contributed by atoms with van der Waals surface area (Å²) in [6.45, 7) is 0.693. The highest BCUT2D eigenvalue weighted by Gasteiger charge is 2.44. The van der Waals surface area contributed by atoms with Crippen molar-refractivity contribution < 1.29 is 14.6 Å². The standard InChI is InChI=1S/C24H27NO3/c26-12-11-25(23-14-16-9-10-17(23)13-16)24(27)28-15-22-20-7-3-1-5-18(20)19-6-2-4-8-21(19)22/h1-8,16-17,22-23,26H,9-15H2. The SMILES string of the molecule is O=C(OCC1c2ccccc2-c2ccccc21)N(CCO)C1CC2CCC1C2. The Morgan fingerprint density at radius 2 is 1.68 bits per heavy atom. The number of nitrogens with zero attached hydrogens (tertiary/aromatic N) is 1. The lowest BCUT2D eigenvalue weighted by atomic mass is 9.94. The molecule has 3 aliphatic carbocycles. The minimum absolute atomic E-state index is 0.0158. The molecule has 0 saturated heterocycles. The lowest BCUT2D eigenvalue weighted by Gasteiger charge is -2.33. The third kappa shape index (κ3) is 2.91. The first-order valence-electron chi connectivity index (χ1n) is 10.5. The van der Waals surface area contributed by atoms with Crippen LogP contribution in [0.3, 0.4) is 0 Å². The van der Waals surface area contributed by atoms with Gasteiger partial charge in [0.1, 0.15) is 6.61 Å². The Morgan fingerprint density at radius 1 is 1.00 bits per heavy atom.